The van der Waals surface area contributed by atoms with Gasteiger partial charge in [0, 0.05) is 82.4 Å². The zero-order chi connectivity index (χ0) is 26.2. The van der Waals surface area contributed by atoms with Crippen molar-refractivity contribution < 1.29 is 17.6 Å². The summed E-state index contributed by atoms with van der Waals surface area (Å²) in [5.74, 6) is -0.651. The maximum atomic E-state index is 13.6. The number of hydrogen-bond donors (Lipinski definition) is 0. The molecule has 196 valence electrons. The number of piperazine rings is 1. The highest BCUT2D eigenvalue weighted by atomic mass is 32.2. The molecular weight excluding hydrogens is 493 g/mol. The van der Waals surface area contributed by atoms with Crippen molar-refractivity contribution in [3.8, 4) is 0 Å². The van der Waals surface area contributed by atoms with E-state index in [1.165, 1.54) is 16.4 Å². The molecule has 0 bridgehead atoms. The van der Waals surface area contributed by atoms with Gasteiger partial charge in [0.25, 0.3) is 0 Å². The number of piperidine rings is 1. The highest BCUT2D eigenvalue weighted by Crippen LogP contribution is 2.29. The Morgan fingerprint density at radius 3 is 2.57 bits per heavy atom. The predicted octanol–water partition coefficient (Wildman–Crippen LogP) is 3.19. The van der Waals surface area contributed by atoms with Gasteiger partial charge in [0.05, 0.1) is 16.3 Å². The Kier molecular flexibility index (Phi) is 7.04. The number of pyridine rings is 1. The zero-order valence-electron chi connectivity index (χ0n) is 21.2. The van der Waals surface area contributed by atoms with Crippen LogP contribution in [0.5, 0.6) is 0 Å². The topological polar surface area (TPSA) is 77.1 Å². The minimum atomic E-state index is -3.69. The molecule has 0 radical (unpaired) electrons. The van der Waals surface area contributed by atoms with Gasteiger partial charge in [-0.2, -0.15) is 4.31 Å². The van der Waals surface area contributed by atoms with Crippen molar-refractivity contribution in [3.63, 3.8) is 0 Å². The van der Waals surface area contributed by atoms with E-state index in [-0.39, 0.29) is 29.1 Å². The average Bonchev–Trinajstić information content (AvgIpc) is 2.92. The van der Waals surface area contributed by atoms with Crippen molar-refractivity contribution in [2.45, 2.75) is 17.7 Å². The summed E-state index contributed by atoms with van der Waals surface area (Å²) in [6.07, 6.45) is 3.02. The Hall–Kier alpha value is -3.24. The molecular formula is C27H32FN5O3S. The minimum absolute atomic E-state index is 0.0169. The van der Waals surface area contributed by atoms with Crippen LogP contribution in [0.3, 0.4) is 0 Å². The molecule has 0 unspecified atom stereocenters. The molecule has 5 rings (SSSR count). The number of halogens is 1. The van der Waals surface area contributed by atoms with Crippen LogP contribution in [0.2, 0.25) is 0 Å². The Labute approximate surface area is 217 Å². The van der Waals surface area contributed by atoms with Crippen LogP contribution in [-0.2, 0) is 14.8 Å². The van der Waals surface area contributed by atoms with Crippen LogP contribution < -0.4 is 9.80 Å². The van der Waals surface area contributed by atoms with Crippen molar-refractivity contribution in [2.24, 2.45) is 5.92 Å². The van der Waals surface area contributed by atoms with Crippen molar-refractivity contribution in [2.75, 3.05) is 63.2 Å². The third-order valence-corrected chi connectivity index (χ3v) is 9.18. The summed E-state index contributed by atoms with van der Waals surface area (Å²) in [7, 11) is 0.0573. The number of fused-ring (bicyclic) bond motifs is 1. The molecule has 1 atom stereocenters. The highest BCUT2D eigenvalue weighted by molar-refractivity contribution is 7.89. The molecule has 2 aliphatic heterocycles. The van der Waals surface area contributed by atoms with Gasteiger partial charge in [-0.05, 0) is 49.2 Å². The number of benzene rings is 2. The van der Waals surface area contributed by atoms with Crippen LogP contribution in [0.1, 0.15) is 12.8 Å². The maximum Gasteiger partial charge on any atom is 0.243 e. The third-order valence-electron chi connectivity index (χ3n) is 7.32. The Bertz CT molecular complexity index is 1410. The number of anilines is 2. The molecule has 1 aromatic heterocycles. The van der Waals surface area contributed by atoms with Crippen LogP contribution >= 0.6 is 0 Å². The van der Waals surface area contributed by atoms with Crippen molar-refractivity contribution >= 4 is 38.2 Å². The number of sulfonamides is 1. The molecule has 3 aromatic rings. The number of rotatable bonds is 5. The second-order valence-electron chi connectivity index (χ2n) is 9.90. The lowest BCUT2D eigenvalue weighted by Gasteiger charge is -2.39. The number of carbonyl (C=O) groups is 1. The number of hydrogen-bond acceptors (Lipinski definition) is 6. The molecule has 2 saturated heterocycles. The van der Waals surface area contributed by atoms with E-state index in [0.29, 0.717) is 51.1 Å². The molecule has 2 aliphatic rings. The van der Waals surface area contributed by atoms with Crippen LogP contribution in [0, 0.1) is 11.7 Å². The fraction of sp³-hybridized carbons (Fsp3) is 0.407. The predicted molar refractivity (Wildman–Crippen MR) is 143 cm³/mol. The summed E-state index contributed by atoms with van der Waals surface area (Å²) in [6, 6.07) is 13.4. The molecule has 2 fully saturated rings. The first-order chi connectivity index (χ1) is 17.7. The Morgan fingerprint density at radius 1 is 1.03 bits per heavy atom. The largest absolute Gasteiger partial charge is 0.378 e. The van der Waals surface area contributed by atoms with E-state index in [2.05, 4.69) is 9.88 Å². The van der Waals surface area contributed by atoms with Crippen molar-refractivity contribution in [1.29, 1.82) is 0 Å². The molecule has 10 heteroatoms. The van der Waals surface area contributed by atoms with Crippen molar-refractivity contribution in [1.82, 2.24) is 14.2 Å². The lowest BCUT2D eigenvalue weighted by atomic mass is 9.97. The summed E-state index contributed by atoms with van der Waals surface area (Å²) in [4.78, 5) is 23.9. The van der Waals surface area contributed by atoms with E-state index in [0.717, 1.165) is 16.8 Å². The van der Waals surface area contributed by atoms with Gasteiger partial charge in [0.1, 0.15) is 5.82 Å². The Morgan fingerprint density at radius 2 is 1.81 bits per heavy atom. The smallest absolute Gasteiger partial charge is 0.243 e. The van der Waals surface area contributed by atoms with Crippen molar-refractivity contribution in [3.05, 3.63) is 60.5 Å². The van der Waals surface area contributed by atoms with E-state index in [4.69, 9.17) is 0 Å². The second-order valence-corrected chi connectivity index (χ2v) is 11.8. The van der Waals surface area contributed by atoms with Gasteiger partial charge in [-0.3, -0.25) is 9.78 Å². The van der Waals surface area contributed by atoms with Crippen LogP contribution in [0.15, 0.2) is 59.6 Å². The molecule has 0 aliphatic carbocycles. The van der Waals surface area contributed by atoms with Gasteiger partial charge in [0.15, 0.2) is 0 Å². The molecule has 0 saturated carbocycles. The van der Waals surface area contributed by atoms with E-state index in [1.54, 1.807) is 30.5 Å². The summed E-state index contributed by atoms with van der Waals surface area (Å²) in [6.45, 7) is 3.02. The quantitative estimate of drug-likeness (QED) is 0.509. The molecule has 2 aromatic carbocycles. The SMILES string of the molecule is CN(C)c1cccc(S(=O)(=O)N2CCC[C@@H](C(=O)N3CCN(c4ccnc5cc(F)ccc45)CC3)C2)c1. The number of aromatic nitrogens is 1. The fourth-order valence-electron chi connectivity index (χ4n) is 5.24. The second kappa shape index (κ2) is 10.3. The summed E-state index contributed by atoms with van der Waals surface area (Å²) >= 11 is 0. The normalized spacial score (nSPS) is 19.3. The lowest BCUT2D eigenvalue weighted by Crippen LogP contribution is -2.53. The standard InChI is InChI=1S/C27H32FN5O3S/c1-30(2)22-6-3-7-23(18-22)37(35,36)33-12-4-5-20(19-33)27(34)32-15-13-31(14-16-32)26-10-11-29-25-17-21(28)8-9-24(25)26/h3,6-11,17-18,20H,4-5,12-16,19H2,1-2H3/t20-/m1/s1. The van der Waals surface area contributed by atoms with Gasteiger partial charge in [-0.15, -0.1) is 0 Å². The average molecular weight is 526 g/mol. The monoisotopic (exact) mass is 525 g/mol. The summed E-state index contributed by atoms with van der Waals surface area (Å²) in [5.41, 5.74) is 2.40. The molecule has 0 N–H and O–H groups in total. The first kappa shape index (κ1) is 25.4. The summed E-state index contributed by atoms with van der Waals surface area (Å²) < 4.78 is 41.9. The van der Waals surface area contributed by atoms with E-state index >= 15 is 0 Å². The number of amides is 1. The first-order valence-corrected chi connectivity index (χ1v) is 14.0. The molecule has 0 spiro atoms. The third kappa shape index (κ3) is 5.13. The highest BCUT2D eigenvalue weighted by Gasteiger charge is 2.36. The minimum Gasteiger partial charge on any atom is -0.378 e. The van der Waals surface area contributed by atoms with Crippen LogP contribution in [-0.4, -0.2) is 81.9 Å². The lowest BCUT2D eigenvalue weighted by molar-refractivity contribution is -0.137. The molecule has 8 nitrogen and oxygen atoms in total. The maximum absolute atomic E-state index is 13.6. The van der Waals surface area contributed by atoms with E-state index in [9.17, 15) is 17.6 Å². The van der Waals surface area contributed by atoms with Gasteiger partial charge >= 0.3 is 0 Å². The molecule has 37 heavy (non-hydrogen) atoms. The fourth-order valence-corrected chi connectivity index (χ4v) is 6.81. The number of carbonyl (C=O) groups excluding carboxylic acids is 1. The molecule has 1 amide bonds. The first-order valence-electron chi connectivity index (χ1n) is 12.6. The van der Waals surface area contributed by atoms with Gasteiger partial charge in [0.2, 0.25) is 15.9 Å². The zero-order valence-corrected chi connectivity index (χ0v) is 22.0. The van der Waals surface area contributed by atoms with Gasteiger partial charge in [-0.1, -0.05) is 6.07 Å². The van der Waals surface area contributed by atoms with Crippen LogP contribution in [0.25, 0.3) is 10.9 Å². The van der Waals surface area contributed by atoms with Gasteiger partial charge in [-0.25, -0.2) is 12.8 Å². The van der Waals surface area contributed by atoms with Crippen LogP contribution in [0.4, 0.5) is 15.8 Å². The van der Waals surface area contributed by atoms with E-state index < -0.39 is 10.0 Å². The summed E-state index contributed by atoms with van der Waals surface area (Å²) in [5, 5.41) is 0.884. The molecule has 3 heterocycles. The van der Waals surface area contributed by atoms with Gasteiger partial charge < -0.3 is 14.7 Å². The van der Waals surface area contributed by atoms with E-state index in [1.807, 2.05) is 36.0 Å². The number of nitrogens with zero attached hydrogens (tertiary/aromatic N) is 5. The Balaban J connectivity index is 1.25.